The summed E-state index contributed by atoms with van der Waals surface area (Å²) in [4.78, 5) is 0. The highest BCUT2D eigenvalue weighted by atomic mass is 32.2. The minimum atomic E-state index is -3.25. The standard InChI is InChI=1S/C12H18N2O4S/c1-2-13-5-6-19(15,16)14-8-10-3-4-11-12(7-10)18-9-17-11/h3-4,7,13-14H,2,5-6,8-9H2,1H3. The van der Waals surface area contributed by atoms with Gasteiger partial charge < -0.3 is 14.8 Å². The number of nitrogens with one attached hydrogen (secondary N) is 2. The Labute approximate surface area is 113 Å². The normalized spacial score (nSPS) is 13.7. The summed E-state index contributed by atoms with van der Waals surface area (Å²) >= 11 is 0. The summed E-state index contributed by atoms with van der Waals surface area (Å²) in [5.41, 5.74) is 0.844. The van der Waals surface area contributed by atoms with Crippen LogP contribution >= 0.6 is 0 Å². The summed E-state index contributed by atoms with van der Waals surface area (Å²) in [6.45, 7) is 3.62. The lowest BCUT2D eigenvalue weighted by Gasteiger charge is -2.07. The molecule has 0 aliphatic carbocycles. The van der Waals surface area contributed by atoms with E-state index in [4.69, 9.17) is 9.47 Å². The summed E-state index contributed by atoms with van der Waals surface area (Å²) in [5, 5.41) is 2.98. The maximum atomic E-state index is 11.7. The van der Waals surface area contributed by atoms with E-state index >= 15 is 0 Å². The Morgan fingerprint density at radius 1 is 1.26 bits per heavy atom. The van der Waals surface area contributed by atoms with Crippen molar-refractivity contribution in [1.29, 1.82) is 0 Å². The highest BCUT2D eigenvalue weighted by Crippen LogP contribution is 2.32. The smallest absolute Gasteiger partial charge is 0.231 e. The van der Waals surface area contributed by atoms with Crippen LogP contribution in [0.5, 0.6) is 11.5 Å². The van der Waals surface area contributed by atoms with Gasteiger partial charge in [-0.3, -0.25) is 0 Å². The second-order valence-electron chi connectivity index (χ2n) is 4.18. The van der Waals surface area contributed by atoms with Crippen LogP contribution in [0, 0.1) is 0 Å². The molecular formula is C12H18N2O4S. The van der Waals surface area contributed by atoms with E-state index in [9.17, 15) is 8.42 Å². The monoisotopic (exact) mass is 286 g/mol. The van der Waals surface area contributed by atoms with E-state index in [0.29, 0.717) is 18.0 Å². The molecule has 0 aromatic heterocycles. The Kier molecular flexibility index (Phi) is 4.62. The molecule has 2 rings (SSSR count). The van der Waals surface area contributed by atoms with E-state index in [2.05, 4.69) is 10.0 Å². The summed E-state index contributed by atoms with van der Waals surface area (Å²) in [6.07, 6.45) is 0. The van der Waals surface area contributed by atoms with Crippen molar-refractivity contribution in [2.45, 2.75) is 13.5 Å². The molecule has 1 aliphatic heterocycles. The second kappa shape index (κ2) is 6.23. The van der Waals surface area contributed by atoms with E-state index in [0.717, 1.165) is 12.1 Å². The molecule has 0 radical (unpaired) electrons. The van der Waals surface area contributed by atoms with E-state index in [-0.39, 0.29) is 19.1 Å². The highest BCUT2D eigenvalue weighted by Gasteiger charge is 2.14. The molecule has 19 heavy (non-hydrogen) atoms. The van der Waals surface area contributed by atoms with Gasteiger partial charge in [-0.05, 0) is 24.2 Å². The van der Waals surface area contributed by atoms with Crippen LogP contribution in [0.25, 0.3) is 0 Å². The molecule has 1 aromatic carbocycles. The van der Waals surface area contributed by atoms with Gasteiger partial charge in [0.1, 0.15) is 0 Å². The molecule has 1 aliphatic rings. The summed E-state index contributed by atoms with van der Waals surface area (Å²) in [5.74, 6) is 1.42. The molecule has 0 saturated carbocycles. The summed E-state index contributed by atoms with van der Waals surface area (Å²) in [6, 6.07) is 5.39. The third-order valence-corrected chi connectivity index (χ3v) is 4.06. The van der Waals surface area contributed by atoms with Crippen molar-refractivity contribution < 1.29 is 17.9 Å². The number of hydrogen-bond acceptors (Lipinski definition) is 5. The Hall–Kier alpha value is -1.31. The minimum absolute atomic E-state index is 0.0748. The first kappa shape index (κ1) is 14.1. The summed E-state index contributed by atoms with van der Waals surface area (Å²) < 4.78 is 36.4. The van der Waals surface area contributed by atoms with Crippen molar-refractivity contribution >= 4 is 10.0 Å². The van der Waals surface area contributed by atoms with Gasteiger partial charge in [-0.1, -0.05) is 13.0 Å². The van der Waals surface area contributed by atoms with Crippen LogP contribution in [0.3, 0.4) is 0 Å². The lowest BCUT2D eigenvalue weighted by Crippen LogP contribution is -2.31. The fourth-order valence-corrected chi connectivity index (χ4v) is 2.64. The SMILES string of the molecule is CCNCCS(=O)(=O)NCc1ccc2c(c1)OCO2. The second-order valence-corrected chi connectivity index (χ2v) is 6.11. The van der Waals surface area contributed by atoms with Gasteiger partial charge in [0.25, 0.3) is 0 Å². The van der Waals surface area contributed by atoms with Gasteiger partial charge >= 0.3 is 0 Å². The van der Waals surface area contributed by atoms with Crippen LogP contribution in [0.2, 0.25) is 0 Å². The molecule has 0 unspecified atom stereocenters. The maximum Gasteiger partial charge on any atom is 0.231 e. The van der Waals surface area contributed by atoms with Crippen molar-refractivity contribution in [1.82, 2.24) is 10.0 Å². The molecule has 2 N–H and O–H groups in total. The lowest BCUT2D eigenvalue weighted by molar-refractivity contribution is 0.174. The van der Waals surface area contributed by atoms with Gasteiger partial charge in [0, 0.05) is 13.1 Å². The molecule has 1 aromatic rings. The minimum Gasteiger partial charge on any atom is -0.454 e. The van der Waals surface area contributed by atoms with Gasteiger partial charge in [0.05, 0.1) is 5.75 Å². The number of fused-ring (bicyclic) bond motifs is 1. The van der Waals surface area contributed by atoms with Gasteiger partial charge in [0.15, 0.2) is 11.5 Å². The molecule has 106 valence electrons. The Morgan fingerprint density at radius 3 is 2.84 bits per heavy atom. The molecule has 0 spiro atoms. The predicted octanol–water partition coefficient (Wildman–Crippen LogP) is 0.444. The number of hydrogen-bond donors (Lipinski definition) is 2. The lowest BCUT2D eigenvalue weighted by atomic mass is 10.2. The van der Waals surface area contributed by atoms with Crippen molar-refractivity contribution in [2.75, 3.05) is 25.6 Å². The van der Waals surface area contributed by atoms with Crippen molar-refractivity contribution in [3.63, 3.8) is 0 Å². The van der Waals surface area contributed by atoms with Crippen LogP contribution in [0.1, 0.15) is 12.5 Å². The molecular weight excluding hydrogens is 268 g/mol. The molecule has 6 nitrogen and oxygen atoms in total. The average Bonchev–Trinajstić information content (AvgIpc) is 2.84. The third-order valence-electron chi connectivity index (χ3n) is 2.73. The summed E-state index contributed by atoms with van der Waals surface area (Å²) in [7, 11) is -3.25. The number of rotatable bonds is 7. The Bertz CT molecular complexity index is 531. The first-order chi connectivity index (χ1) is 9.11. The fraction of sp³-hybridized carbons (Fsp3) is 0.500. The van der Waals surface area contributed by atoms with Gasteiger partial charge in [-0.2, -0.15) is 0 Å². The fourth-order valence-electron chi connectivity index (χ4n) is 1.70. The number of benzene rings is 1. The maximum absolute atomic E-state index is 11.7. The van der Waals surface area contributed by atoms with Crippen molar-refractivity contribution in [2.24, 2.45) is 0 Å². The molecule has 0 fully saturated rings. The van der Waals surface area contributed by atoms with Crippen molar-refractivity contribution in [3.8, 4) is 11.5 Å². The first-order valence-corrected chi connectivity index (χ1v) is 7.82. The van der Waals surface area contributed by atoms with Crippen LogP contribution in [0.4, 0.5) is 0 Å². The zero-order chi connectivity index (χ0) is 13.7. The Balaban J connectivity index is 1.88. The van der Waals surface area contributed by atoms with E-state index in [1.54, 1.807) is 12.1 Å². The van der Waals surface area contributed by atoms with Gasteiger partial charge in [-0.25, -0.2) is 13.1 Å². The number of sulfonamides is 1. The molecule has 1 heterocycles. The van der Waals surface area contributed by atoms with Crippen LogP contribution < -0.4 is 19.5 Å². The van der Waals surface area contributed by atoms with E-state index in [1.165, 1.54) is 0 Å². The van der Waals surface area contributed by atoms with Gasteiger partial charge in [0.2, 0.25) is 16.8 Å². The topological polar surface area (TPSA) is 76.7 Å². The zero-order valence-electron chi connectivity index (χ0n) is 10.8. The van der Waals surface area contributed by atoms with E-state index < -0.39 is 10.0 Å². The first-order valence-electron chi connectivity index (χ1n) is 6.17. The van der Waals surface area contributed by atoms with Crippen LogP contribution in [-0.2, 0) is 16.6 Å². The van der Waals surface area contributed by atoms with Crippen molar-refractivity contribution in [3.05, 3.63) is 23.8 Å². The Morgan fingerprint density at radius 2 is 2.05 bits per heavy atom. The zero-order valence-corrected chi connectivity index (χ0v) is 11.6. The van der Waals surface area contributed by atoms with Crippen LogP contribution in [0.15, 0.2) is 18.2 Å². The molecule has 0 amide bonds. The van der Waals surface area contributed by atoms with Gasteiger partial charge in [-0.15, -0.1) is 0 Å². The quantitative estimate of drug-likeness (QED) is 0.712. The molecule has 0 bridgehead atoms. The largest absolute Gasteiger partial charge is 0.454 e. The molecule has 7 heteroatoms. The highest BCUT2D eigenvalue weighted by molar-refractivity contribution is 7.89. The third kappa shape index (κ3) is 4.09. The van der Waals surface area contributed by atoms with E-state index in [1.807, 2.05) is 13.0 Å². The predicted molar refractivity (Wildman–Crippen MR) is 71.7 cm³/mol. The average molecular weight is 286 g/mol. The molecule has 0 atom stereocenters. The molecule has 0 saturated heterocycles. The van der Waals surface area contributed by atoms with Crippen LogP contribution in [-0.4, -0.2) is 34.1 Å². The number of ether oxygens (including phenoxy) is 2.